The topological polar surface area (TPSA) is 228 Å². The number of phenolic OH excluding ortho intramolecular Hbond substituents is 1. The standard InChI is InChI=1S/C26H26N6O2S.C15H10ClN3O2S.C12H18N2.C9H9NO2.C6H2Cl2N2S/c1-3-23(33)27-19-5-4-6-21(17-19)34-25-24-22(11-16-35-24)29-26(30-25)28-18-7-9-20(10-8-18)32-14-12-31(2)13-15-32;1-2-12(20)17-9-4-3-5-10(8-9)21-14-13-11(6-7-22-13)18-15(16)19-14;1-11-3-5-12(6-4-11)14-9-7-13(2)8-10-14;1-2-9(12)10-7-4-3-5-8(11)6-7;7-5-4-3(1-2-11-4)9-6(8)10-5/h3-11,16-17H,1,12-15H2,2H3,(H,27,33)(H,28,29,30);2-8H,1H2,(H,17,20);3-6H,7-10H2,1-2H3;2-6,11H,1H2,(H,10,12);1-2H. The number of ether oxygens (including phenoxy) is 2. The van der Waals surface area contributed by atoms with Crippen LogP contribution >= 0.6 is 68.8 Å². The van der Waals surface area contributed by atoms with Crippen molar-refractivity contribution in [3.8, 4) is 29.0 Å². The molecule has 0 atom stereocenters. The van der Waals surface area contributed by atoms with Crippen LogP contribution in [0.3, 0.4) is 0 Å². The van der Waals surface area contributed by atoms with E-state index in [0.717, 1.165) is 75.6 Å². The monoisotopic (exact) mass is 1370 g/mol. The van der Waals surface area contributed by atoms with Crippen molar-refractivity contribution >= 4 is 157 Å². The van der Waals surface area contributed by atoms with E-state index in [2.05, 4.69) is 148 Å². The minimum atomic E-state index is -0.291. The number of carbonyl (C=O) groups is 3. The lowest BCUT2D eigenvalue weighted by atomic mass is 10.2. The molecule has 26 heteroatoms. The Kier molecular flexibility index (Phi) is 24.8. The van der Waals surface area contributed by atoms with Crippen molar-refractivity contribution in [2.45, 2.75) is 6.92 Å². The van der Waals surface area contributed by atoms with Crippen molar-refractivity contribution in [3.05, 3.63) is 215 Å². The molecule has 13 rings (SSSR count). The van der Waals surface area contributed by atoms with Crippen LogP contribution in [0.15, 0.2) is 194 Å². The first kappa shape index (κ1) is 68.8. The van der Waals surface area contributed by atoms with Crippen LogP contribution in [0.5, 0.6) is 29.0 Å². The molecule has 11 aromatic rings. The van der Waals surface area contributed by atoms with Crippen LogP contribution in [0.25, 0.3) is 30.6 Å². The smallest absolute Gasteiger partial charge is 0.247 e. The molecule has 0 saturated carbocycles. The molecule has 5 aromatic carbocycles. The molecule has 2 saturated heterocycles. The van der Waals surface area contributed by atoms with Crippen molar-refractivity contribution in [2.24, 2.45) is 0 Å². The van der Waals surface area contributed by atoms with Gasteiger partial charge in [0.15, 0.2) is 5.15 Å². The first-order valence-electron chi connectivity index (χ1n) is 29.2. The number of likely N-dealkylation sites (N-methyl/N-ethyl adjacent to an activating group) is 2. The Balaban J connectivity index is 0.000000150. The van der Waals surface area contributed by atoms with Gasteiger partial charge >= 0.3 is 0 Å². The van der Waals surface area contributed by atoms with Gasteiger partial charge in [0.25, 0.3) is 0 Å². The summed E-state index contributed by atoms with van der Waals surface area (Å²) in [5.41, 5.74) is 8.92. The van der Waals surface area contributed by atoms with Gasteiger partial charge in [-0.05, 0) is 170 Å². The molecule has 3 amide bonds. The Labute approximate surface area is 570 Å². The molecule has 5 N–H and O–H groups in total. The van der Waals surface area contributed by atoms with Crippen molar-refractivity contribution in [2.75, 3.05) is 97.5 Å². The van der Waals surface area contributed by atoms with Crippen LogP contribution < -0.4 is 40.5 Å². The molecule has 2 fully saturated rings. The van der Waals surface area contributed by atoms with Gasteiger partial charge in [-0.1, -0.05) is 67.2 Å². The number of halogens is 3. The summed E-state index contributed by atoms with van der Waals surface area (Å²) in [5.74, 6) is 1.64. The fraction of sp³-hybridized carbons (Fsp3) is 0.162. The normalized spacial score (nSPS) is 12.8. The maximum atomic E-state index is 11.6. The Hall–Kier alpha value is -9.56. The van der Waals surface area contributed by atoms with Crippen LogP contribution in [0.1, 0.15) is 5.56 Å². The molecule has 94 heavy (non-hydrogen) atoms. The van der Waals surface area contributed by atoms with Crippen molar-refractivity contribution in [1.29, 1.82) is 0 Å². The molecular weight excluding hydrogens is 1310 g/mol. The van der Waals surface area contributed by atoms with Gasteiger partial charge in [-0.3, -0.25) is 14.4 Å². The number of carbonyl (C=O) groups excluding carboxylic acids is 3. The second kappa shape index (κ2) is 33.8. The van der Waals surface area contributed by atoms with Gasteiger partial charge < -0.3 is 55.4 Å². The zero-order valence-electron chi connectivity index (χ0n) is 51.3. The van der Waals surface area contributed by atoms with Crippen LogP contribution in [-0.2, 0) is 14.4 Å². The predicted octanol–water partition coefficient (Wildman–Crippen LogP) is 15.6. The quantitative estimate of drug-likeness (QED) is 0.0387. The minimum Gasteiger partial charge on any atom is -0.508 e. The maximum Gasteiger partial charge on any atom is 0.247 e. The zero-order chi connectivity index (χ0) is 66.5. The van der Waals surface area contributed by atoms with Gasteiger partial charge in [0.05, 0.1) is 21.3 Å². The van der Waals surface area contributed by atoms with Gasteiger partial charge in [0.2, 0.25) is 46.0 Å². The summed E-state index contributed by atoms with van der Waals surface area (Å²) >= 11 is 21.7. The van der Waals surface area contributed by atoms with E-state index in [4.69, 9.17) is 49.4 Å². The zero-order valence-corrected chi connectivity index (χ0v) is 56.1. The second-order valence-electron chi connectivity index (χ2n) is 20.8. The summed E-state index contributed by atoms with van der Waals surface area (Å²) in [7, 11) is 4.34. The molecule has 8 heterocycles. The minimum absolute atomic E-state index is 0.122. The van der Waals surface area contributed by atoms with Crippen LogP contribution in [0.2, 0.25) is 15.7 Å². The number of nitrogens with one attached hydrogen (secondary N) is 4. The number of fused-ring (bicyclic) bond motifs is 3. The number of benzene rings is 5. The Bertz CT molecular complexity index is 4410. The van der Waals surface area contributed by atoms with Gasteiger partial charge in [0.1, 0.15) is 26.6 Å². The molecule has 0 unspecified atom stereocenters. The number of hydrogen-bond donors (Lipinski definition) is 5. The number of anilines is 7. The third-order valence-electron chi connectivity index (χ3n) is 13.9. The van der Waals surface area contributed by atoms with E-state index in [-0.39, 0.29) is 34.0 Å². The first-order valence-corrected chi connectivity index (χ1v) is 32.9. The Morgan fingerprint density at radius 3 is 1.38 bits per heavy atom. The van der Waals surface area contributed by atoms with E-state index >= 15 is 0 Å². The van der Waals surface area contributed by atoms with Gasteiger partial charge in [0, 0.05) is 105 Å². The third-order valence-corrected chi connectivity index (χ3v) is 17.4. The number of thiophene rings is 3. The number of aryl methyl sites for hydroxylation is 1. The summed E-state index contributed by atoms with van der Waals surface area (Å²) in [6.07, 6.45) is 3.60. The van der Waals surface area contributed by atoms with E-state index in [1.165, 1.54) is 94.4 Å². The van der Waals surface area contributed by atoms with Crippen LogP contribution in [0, 0.1) is 6.92 Å². The average molecular weight is 1380 g/mol. The maximum absolute atomic E-state index is 11.6. The van der Waals surface area contributed by atoms with Crippen LogP contribution in [-0.4, -0.2) is 129 Å². The molecule has 482 valence electrons. The highest BCUT2D eigenvalue weighted by Crippen LogP contribution is 2.36. The summed E-state index contributed by atoms with van der Waals surface area (Å²) in [4.78, 5) is 68.6. The number of phenols is 1. The number of rotatable bonds is 14. The lowest BCUT2D eigenvalue weighted by Crippen LogP contribution is -2.44. The van der Waals surface area contributed by atoms with Crippen molar-refractivity contribution in [3.63, 3.8) is 0 Å². The highest BCUT2D eigenvalue weighted by Gasteiger charge is 2.18. The fourth-order valence-corrected chi connectivity index (χ4v) is 12.0. The molecule has 2 aliphatic rings. The van der Waals surface area contributed by atoms with E-state index in [1.807, 2.05) is 58.6 Å². The first-order chi connectivity index (χ1) is 45.5. The molecule has 0 aliphatic carbocycles. The SMILES string of the molecule is C=CC(=O)Nc1cccc(O)c1.C=CC(=O)Nc1cccc(Oc2nc(Cl)nc3ccsc23)c1.C=CC(=O)Nc1cccc(Oc2nc(Nc3ccc(N4CCN(C)CC4)cc3)nc3ccsc23)c1.Cc1ccc(N2CCN(C)CC2)cc1.Clc1nc(Cl)c2sccc2n1. The molecule has 0 radical (unpaired) electrons. The lowest BCUT2D eigenvalue weighted by molar-refractivity contribution is -0.112. The molecular formula is C68H65Cl3N14O6S3. The summed E-state index contributed by atoms with van der Waals surface area (Å²) < 4.78 is 14.5. The van der Waals surface area contributed by atoms with Gasteiger partial charge in [-0.15, -0.1) is 34.0 Å². The van der Waals surface area contributed by atoms with E-state index in [0.29, 0.717) is 51.4 Å². The number of amides is 3. The highest BCUT2D eigenvalue weighted by molar-refractivity contribution is 7.18. The largest absolute Gasteiger partial charge is 0.508 e. The van der Waals surface area contributed by atoms with Crippen molar-refractivity contribution < 1.29 is 29.0 Å². The van der Waals surface area contributed by atoms with E-state index in [9.17, 15) is 14.4 Å². The molecule has 6 aromatic heterocycles. The van der Waals surface area contributed by atoms with Crippen LogP contribution in [0.4, 0.5) is 40.1 Å². The molecule has 0 spiro atoms. The van der Waals surface area contributed by atoms with Gasteiger partial charge in [-0.2, -0.15) is 9.97 Å². The average Bonchev–Trinajstić information content (AvgIpc) is 1.60. The second-order valence-corrected chi connectivity index (χ2v) is 24.6. The third kappa shape index (κ3) is 20.2. The Morgan fingerprint density at radius 1 is 0.489 bits per heavy atom. The summed E-state index contributed by atoms with van der Waals surface area (Å²) in [5, 5.41) is 26.7. The van der Waals surface area contributed by atoms with Gasteiger partial charge in [-0.25, -0.2) is 19.9 Å². The Morgan fingerprint density at radius 2 is 0.904 bits per heavy atom. The fourth-order valence-electron chi connectivity index (χ4n) is 9.07. The summed E-state index contributed by atoms with van der Waals surface area (Å²) in [6.45, 7) is 21.2. The molecule has 2 aliphatic heterocycles. The highest BCUT2D eigenvalue weighted by atomic mass is 35.5. The van der Waals surface area contributed by atoms with E-state index in [1.54, 1.807) is 48.5 Å². The number of aromatic nitrogens is 6. The molecule has 20 nitrogen and oxygen atoms in total. The summed E-state index contributed by atoms with van der Waals surface area (Å²) in [6, 6.07) is 43.2. The molecule has 0 bridgehead atoms. The van der Waals surface area contributed by atoms with E-state index < -0.39 is 0 Å². The number of hydrogen-bond acceptors (Lipinski definition) is 20. The lowest BCUT2D eigenvalue weighted by Gasteiger charge is -2.34. The van der Waals surface area contributed by atoms with Crippen molar-refractivity contribution in [1.82, 2.24) is 39.7 Å². The predicted molar refractivity (Wildman–Crippen MR) is 385 cm³/mol. The number of nitrogens with zero attached hydrogens (tertiary/aromatic N) is 10. The number of aromatic hydroxyl groups is 1. The number of piperazine rings is 2.